The molecule has 1 aromatic carbocycles. The van der Waals surface area contributed by atoms with Crippen molar-refractivity contribution in [1.82, 2.24) is 0 Å². The summed E-state index contributed by atoms with van der Waals surface area (Å²) in [6.45, 7) is 0. The van der Waals surface area contributed by atoms with Crippen LogP contribution < -0.4 is 11.3 Å². The summed E-state index contributed by atoms with van der Waals surface area (Å²) in [5.41, 5.74) is -3.08. The molecule has 0 bridgehead atoms. The molecule has 0 spiro atoms. The third kappa shape index (κ3) is 3.53. The van der Waals surface area contributed by atoms with E-state index in [0.29, 0.717) is 0 Å². The van der Waals surface area contributed by atoms with Gasteiger partial charge in [0.2, 0.25) is 0 Å². The minimum Gasteiger partial charge on any atom is -0.324 e. The van der Waals surface area contributed by atoms with Gasteiger partial charge >= 0.3 is 5.51 Å². The molecule has 16 heavy (non-hydrogen) atoms. The molecule has 0 radical (unpaired) electrons. The van der Waals surface area contributed by atoms with Crippen LogP contribution >= 0.6 is 11.8 Å². The van der Waals surface area contributed by atoms with E-state index in [9.17, 15) is 22.0 Å². The summed E-state index contributed by atoms with van der Waals surface area (Å²) in [6.07, 6.45) is -2.99. The number of thioether (sulfide) groups is 1. The van der Waals surface area contributed by atoms with Crippen molar-refractivity contribution >= 4 is 17.4 Å². The lowest BCUT2D eigenvalue weighted by molar-refractivity contribution is -0.0329. The molecular formula is C8H7F5N2S. The largest absolute Gasteiger partial charge is 0.446 e. The average Bonchev–Trinajstić information content (AvgIpc) is 2.15. The van der Waals surface area contributed by atoms with Gasteiger partial charge in [0, 0.05) is 16.1 Å². The van der Waals surface area contributed by atoms with E-state index in [2.05, 4.69) is 5.43 Å². The molecule has 0 unspecified atom stereocenters. The zero-order chi connectivity index (χ0) is 12.3. The minimum absolute atomic E-state index is 0.127. The van der Waals surface area contributed by atoms with Gasteiger partial charge in [0.25, 0.3) is 6.43 Å². The zero-order valence-corrected chi connectivity index (χ0v) is 8.50. The number of nitrogens with one attached hydrogen (secondary N) is 1. The van der Waals surface area contributed by atoms with Gasteiger partial charge in [-0.2, -0.15) is 13.2 Å². The Balaban J connectivity index is 3.08. The first-order valence-electron chi connectivity index (χ1n) is 3.98. The Morgan fingerprint density at radius 2 is 1.88 bits per heavy atom. The molecule has 0 fully saturated rings. The molecule has 1 rings (SSSR count). The van der Waals surface area contributed by atoms with Crippen LogP contribution in [0.4, 0.5) is 27.6 Å². The van der Waals surface area contributed by atoms with E-state index in [4.69, 9.17) is 5.84 Å². The Kier molecular flexibility index (Phi) is 3.98. The van der Waals surface area contributed by atoms with Crippen LogP contribution in [0.3, 0.4) is 0 Å². The van der Waals surface area contributed by atoms with Crippen molar-refractivity contribution in [3.63, 3.8) is 0 Å². The van der Waals surface area contributed by atoms with Crippen molar-refractivity contribution in [1.29, 1.82) is 0 Å². The molecule has 0 aromatic heterocycles. The molecule has 0 aliphatic carbocycles. The monoisotopic (exact) mass is 258 g/mol. The maximum Gasteiger partial charge on any atom is 0.446 e. The highest BCUT2D eigenvalue weighted by atomic mass is 32.2. The second kappa shape index (κ2) is 4.88. The lowest BCUT2D eigenvalue weighted by Gasteiger charge is -2.12. The van der Waals surface area contributed by atoms with E-state index < -0.39 is 34.2 Å². The quantitative estimate of drug-likeness (QED) is 0.377. The minimum atomic E-state index is -4.60. The number of alkyl halides is 5. The van der Waals surface area contributed by atoms with Gasteiger partial charge in [-0.25, -0.2) is 8.78 Å². The van der Waals surface area contributed by atoms with Gasteiger partial charge in [-0.05, 0) is 30.0 Å². The van der Waals surface area contributed by atoms with Crippen LogP contribution in [0.1, 0.15) is 12.0 Å². The third-order valence-corrected chi connectivity index (χ3v) is 2.46. The maximum absolute atomic E-state index is 12.5. The van der Waals surface area contributed by atoms with Gasteiger partial charge in [0.15, 0.2) is 0 Å². The lowest BCUT2D eigenvalue weighted by atomic mass is 10.2. The number of benzene rings is 1. The molecule has 0 heterocycles. The predicted octanol–water partition coefficient (Wildman–Crippen LogP) is 3.52. The summed E-state index contributed by atoms with van der Waals surface area (Å²) < 4.78 is 61.1. The summed E-state index contributed by atoms with van der Waals surface area (Å²) in [6, 6.07) is 3.04. The highest BCUT2D eigenvalue weighted by molar-refractivity contribution is 8.00. The van der Waals surface area contributed by atoms with E-state index in [1.54, 1.807) is 0 Å². The van der Waals surface area contributed by atoms with E-state index >= 15 is 0 Å². The zero-order valence-electron chi connectivity index (χ0n) is 7.68. The van der Waals surface area contributed by atoms with Crippen LogP contribution in [0.2, 0.25) is 0 Å². The highest BCUT2D eigenvalue weighted by Gasteiger charge is 2.31. The Morgan fingerprint density at radius 3 is 2.31 bits per heavy atom. The number of rotatable bonds is 3. The molecule has 3 N–H and O–H groups in total. The molecule has 2 nitrogen and oxygen atoms in total. The van der Waals surface area contributed by atoms with Crippen LogP contribution in [0.5, 0.6) is 0 Å². The van der Waals surface area contributed by atoms with E-state index in [0.717, 1.165) is 12.1 Å². The molecule has 0 aliphatic rings. The molecule has 90 valence electrons. The van der Waals surface area contributed by atoms with E-state index in [1.165, 1.54) is 6.07 Å². The fourth-order valence-corrected chi connectivity index (χ4v) is 1.68. The van der Waals surface area contributed by atoms with Crippen molar-refractivity contribution < 1.29 is 22.0 Å². The lowest BCUT2D eigenvalue weighted by Crippen LogP contribution is -2.08. The molecule has 0 atom stereocenters. The van der Waals surface area contributed by atoms with Crippen molar-refractivity contribution in [3.05, 3.63) is 23.8 Å². The number of hydrazine groups is 1. The fourth-order valence-electron chi connectivity index (χ4n) is 1.03. The number of halogens is 5. The van der Waals surface area contributed by atoms with Crippen LogP contribution in [0, 0.1) is 0 Å². The second-order valence-electron chi connectivity index (χ2n) is 2.75. The van der Waals surface area contributed by atoms with Gasteiger partial charge in [0.05, 0.1) is 0 Å². The number of hydrogen-bond donors (Lipinski definition) is 2. The predicted molar refractivity (Wildman–Crippen MR) is 51.1 cm³/mol. The molecule has 0 aliphatic heterocycles. The topological polar surface area (TPSA) is 38.0 Å². The average molecular weight is 258 g/mol. The summed E-state index contributed by atoms with van der Waals surface area (Å²) in [5.74, 6) is 4.97. The van der Waals surface area contributed by atoms with Crippen molar-refractivity contribution in [3.8, 4) is 0 Å². The SMILES string of the molecule is NNc1ccc(SC(F)(F)F)c(C(F)F)c1. The van der Waals surface area contributed by atoms with Gasteiger partial charge in [-0.15, -0.1) is 0 Å². The van der Waals surface area contributed by atoms with Crippen molar-refractivity contribution in [2.45, 2.75) is 16.8 Å². The third-order valence-electron chi connectivity index (χ3n) is 1.64. The molecule has 8 heteroatoms. The number of nitrogens with two attached hydrogens (primary N) is 1. The van der Waals surface area contributed by atoms with Crippen LogP contribution in [-0.4, -0.2) is 5.51 Å². The molecule has 1 aromatic rings. The van der Waals surface area contributed by atoms with Crippen molar-refractivity contribution in [2.24, 2.45) is 5.84 Å². The van der Waals surface area contributed by atoms with Crippen LogP contribution in [0.25, 0.3) is 0 Å². The summed E-state index contributed by atoms with van der Waals surface area (Å²) >= 11 is -0.574. The first-order valence-corrected chi connectivity index (χ1v) is 4.79. The van der Waals surface area contributed by atoms with Crippen LogP contribution in [-0.2, 0) is 0 Å². The van der Waals surface area contributed by atoms with Crippen molar-refractivity contribution in [2.75, 3.05) is 5.43 Å². The fraction of sp³-hybridized carbons (Fsp3) is 0.250. The number of nitrogen functional groups attached to an aromatic ring is 1. The first-order chi connectivity index (χ1) is 7.33. The van der Waals surface area contributed by atoms with Gasteiger partial charge in [-0.3, -0.25) is 5.84 Å². The number of anilines is 1. The molecule has 0 saturated heterocycles. The first kappa shape index (κ1) is 13.0. The molecular weight excluding hydrogens is 251 g/mol. The molecule has 0 amide bonds. The normalized spacial score (nSPS) is 11.9. The van der Waals surface area contributed by atoms with Gasteiger partial charge < -0.3 is 5.43 Å². The van der Waals surface area contributed by atoms with Gasteiger partial charge in [-0.1, -0.05) is 0 Å². The Morgan fingerprint density at radius 1 is 1.25 bits per heavy atom. The maximum atomic E-state index is 12.5. The summed E-state index contributed by atoms with van der Waals surface area (Å²) in [4.78, 5) is -0.526. The highest BCUT2D eigenvalue weighted by Crippen LogP contribution is 2.41. The summed E-state index contributed by atoms with van der Waals surface area (Å²) in [7, 11) is 0. The Hall–Kier alpha value is -1.02. The van der Waals surface area contributed by atoms with E-state index in [-0.39, 0.29) is 5.69 Å². The van der Waals surface area contributed by atoms with E-state index in [1.807, 2.05) is 0 Å². The van der Waals surface area contributed by atoms with Crippen LogP contribution in [0.15, 0.2) is 23.1 Å². The standard InChI is InChI=1S/C8H7F5N2S/c9-7(10)5-3-4(15-14)1-2-6(5)16-8(11,12)13/h1-3,7,15H,14H2. The number of hydrogen-bond acceptors (Lipinski definition) is 3. The Bertz CT molecular complexity index is 366. The molecule has 0 saturated carbocycles. The Labute approximate surface area is 92.0 Å². The van der Waals surface area contributed by atoms with Gasteiger partial charge in [0.1, 0.15) is 0 Å². The second-order valence-corrected chi connectivity index (χ2v) is 3.85. The smallest absolute Gasteiger partial charge is 0.324 e. The summed E-state index contributed by atoms with van der Waals surface area (Å²) in [5, 5.41) is 0.